The molecule has 0 saturated heterocycles. The average Bonchev–Trinajstić information content (AvgIpc) is 2.28. The monoisotopic (exact) mass is 259 g/mol. The van der Waals surface area contributed by atoms with Crippen LogP contribution in [0.15, 0.2) is 12.1 Å². The van der Waals surface area contributed by atoms with Crippen LogP contribution in [-0.4, -0.2) is 19.1 Å². The van der Waals surface area contributed by atoms with E-state index in [1.165, 1.54) is 0 Å². The standard InChI is InChI=1S/C12H18ClNOS/c1-8-6-12(15-2)10(13)7-9(8)11(14)4-5-16-3/h6-7,11H,4-5,14H2,1-3H3. The highest BCUT2D eigenvalue weighted by atomic mass is 35.5. The smallest absolute Gasteiger partial charge is 0.137 e. The van der Waals surface area contributed by atoms with E-state index >= 15 is 0 Å². The fourth-order valence-electron chi connectivity index (χ4n) is 1.63. The van der Waals surface area contributed by atoms with Gasteiger partial charge in [0.15, 0.2) is 0 Å². The van der Waals surface area contributed by atoms with Crippen LogP contribution in [0.2, 0.25) is 5.02 Å². The third-order valence-electron chi connectivity index (χ3n) is 2.57. The lowest BCUT2D eigenvalue weighted by atomic mass is 10.00. The molecule has 0 aromatic heterocycles. The Hall–Kier alpha value is -0.380. The molecule has 0 aliphatic heterocycles. The van der Waals surface area contributed by atoms with Crippen molar-refractivity contribution < 1.29 is 4.74 Å². The third-order valence-corrected chi connectivity index (χ3v) is 3.51. The van der Waals surface area contributed by atoms with Crippen LogP contribution in [0.3, 0.4) is 0 Å². The highest BCUT2D eigenvalue weighted by Crippen LogP contribution is 2.31. The Morgan fingerprint density at radius 1 is 1.50 bits per heavy atom. The molecule has 1 unspecified atom stereocenters. The van der Waals surface area contributed by atoms with E-state index in [1.54, 1.807) is 18.9 Å². The Morgan fingerprint density at radius 3 is 2.75 bits per heavy atom. The number of thioether (sulfide) groups is 1. The summed E-state index contributed by atoms with van der Waals surface area (Å²) in [6.07, 6.45) is 3.05. The van der Waals surface area contributed by atoms with Crippen molar-refractivity contribution >= 4 is 23.4 Å². The van der Waals surface area contributed by atoms with Gasteiger partial charge in [0.25, 0.3) is 0 Å². The predicted octanol–water partition coefficient (Wildman–Crippen LogP) is 3.41. The summed E-state index contributed by atoms with van der Waals surface area (Å²) in [6.45, 7) is 2.03. The number of hydrogen-bond donors (Lipinski definition) is 1. The minimum Gasteiger partial charge on any atom is -0.495 e. The van der Waals surface area contributed by atoms with Gasteiger partial charge in [-0.2, -0.15) is 11.8 Å². The van der Waals surface area contributed by atoms with Crippen molar-refractivity contribution in [2.75, 3.05) is 19.1 Å². The predicted molar refractivity (Wildman–Crippen MR) is 72.7 cm³/mol. The molecule has 0 bridgehead atoms. The lowest BCUT2D eigenvalue weighted by Gasteiger charge is -2.16. The first-order valence-corrected chi connectivity index (χ1v) is 6.96. The first-order valence-electron chi connectivity index (χ1n) is 5.18. The molecule has 0 fully saturated rings. The van der Waals surface area contributed by atoms with Crippen LogP contribution < -0.4 is 10.5 Å². The number of hydrogen-bond acceptors (Lipinski definition) is 3. The second-order valence-electron chi connectivity index (χ2n) is 3.73. The number of nitrogens with two attached hydrogens (primary N) is 1. The fourth-order valence-corrected chi connectivity index (χ4v) is 2.37. The molecule has 2 nitrogen and oxygen atoms in total. The fraction of sp³-hybridized carbons (Fsp3) is 0.500. The van der Waals surface area contributed by atoms with E-state index in [9.17, 15) is 0 Å². The van der Waals surface area contributed by atoms with E-state index in [1.807, 2.05) is 19.1 Å². The van der Waals surface area contributed by atoms with Crippen LogP contribution in [0.25, 0.3) is 0 Å². The highest BCUT2D eigenvalue weighted by Gasteiger charge is 2.12. The summed E-state index contributed by atoms with van der Waals surface area (Å²) in [6, 6.07) is 3.91. The second kappa shape index (κ2) is 6.38. The summed E-state index contributed by atoms with van der Waals surface area (Å²) in [7, 11) is 1.62. The normalized spacial score (nSPS) is 12.6. The molecule has 0 radical (unpaired) electrons. The Morgan fingerprint density at radius 2 is 2.19 bits per heavy atom. The molecule has 0 aliphatic carbocycles. The molecule has 16 heavy (non-hydrogen) atoms. The van der Waals surface area contributed by atoms with Gasteiger partial charge in [-0.1, -0.05) is 11.6 Å². The SMILES string of the molecule is COc1cc(C)c(C(N)CCSC)cc1Cl. The van der Waals surface area contributed by atoms with Crippen molar-refractivity contribution in [3.05, 3.63) is 28.3 Å². The van der Waals surface area contributed by atoms with Crippen LogP contribution in [0.5, 0.6) is 5.75 Å². The van der Waals surface area contributed by atoms with Crippen molar-refractivity contribution in [3.63, 3.8) is 0 Å². The Bertz CT molecular complexity index is 357. The Balaban J connectivity index is 2.92. The number of benzene rings is 1. The van der Waals surface area contributed by atoms with Gasteiger partial charge in [-0.15, -0.1) is 0 Å². The molecule has 0 heterocycles. The molecule has 4 heteroatoms. The first-order chi connectivity index (χ1) is 7.60. The van der Waals surface area contributed by atoms with E-state index < -0.39 is 0 Å². The van der Waals surface area contributed by atoms with E-state index in [0.717, 1.165) is 23.3 Å². The summed E-state index contributed by atoms with van der Waals surface area (Å²) in [4.78, 5) is 0. The molecule has 0 saturated carbocycles. The summed E-state index contributed by atoms with van der Waals surface area (Å²) < 4.78 is 5.16. The highest BCUT2D eigenvalue weighted by molar-refractivity contribution is 7.98. The van der Waals surface area contributed by atoms with Crippen LogP contribution in [0.4, 0.5) is 0 Å². The van der Waals surface area contributed by atoms with Gasteiger partial charge in [-0.25, -0.2) is 0 Å². The number of halogens is 1. The van der Waals surface area contributed by atoms with E-state index in [4.69, 9.17) is 22.1 Å². The van der Waals surface area contributed by atoms with Gasteiger partial charge in [0.2, 0.25) is 0 Å². The minimum atomic E-state index is 0.0517. The minimum absolute atomic E-state index is 0.0517. The molecule has 1 aromatic rings. The van der Waals surface area contributed by atoms with Crippen molar-refractivity contribution in [1.29, 1.82) is 0 Å². The van der Waals surface area contributed by atoms with Gasteiger partial charge in [0.1, 0.15) is 5.75 Å². The van der Waals surface area contributed by atoms with Crippen LogP contribution in [0, 0.1) is 6.92 Å². The van der Waals surface area contributed by atoms with Crippen molar-refractivity contribution in [1.82, 2.24) is 0 Å². The van der Waals surface area contributed by atoms with Crippen LogP contribution in [0.1, 0.15) is 23.6 Å². The number of ether oxygens (including phenoxy) is 1. The number of rotatable bonds is 5. The number of aryl methyl sites for hydroxylation is 1. The zero-order chi connectivity index (χ0) is 12.1. The van der Waals surface area contributed by atoms with Gasteiger partial charge in [0.05, 0.1) is 12.1 Å². The van der Waals surface area contributed by atoms with Gasteiger partial charge in [0, 0.05) is 6.04 Å². The van der Waals surface area contributed by atoms with Gasteiger partial charge < -0.3 is 10.5 Å². The van der Waals surface area contributed by atoms with Crippen LogP contribution >= 0.6 is 23.4 Å². The molecule has 1 atom stereocenters. The van der Waals surface area contributed by atoms with E-state index in [-0.39, 0.29) is 6.04 Å². The average molecular weight is 260 g/mol. The maximum Gasteiger partial charge on any atom is 0.137 e. The summed E-state index contributed by atoms with van der Waals surface area (Å²) in [5.41, 5.74) is 8.37. The number of methoxy groups -OCH3 is 1. The van der Waals surface area contributed by atoms with Gasteiger partial charge >= 0.3 is 0 Å². The van der Waals surface area contributed by atoms with Gasteiger partial charge in [-0.05, 0) is 48.6 Å². The molecular formula is C12H18ClNOS. The third kappa shape index (κ3) is 3.30. The molecule has 1 rings (SSSR count). The topological polar surface area (TPSA) is 35.2 Å². The zero-order valence-corrected chi connectivity index (χ0v) is 11.5. The van der Waals surface area contributed by atoms with E-state index in [2.05, 4.69) is 6.26 Å². The molecule has 90 valence electrons. The maximum absolute atomic E-state index is 6.13. The lowest BCUT2D eigenvalue weighted by molar-refractivity contribution is 0.414. The Kier molecular flexibility index (Phi) is 5.46. The summed E-state index contributed by atoms with van der Waals surface area (Å²) in [5, 5.41) is 0.628. The van der Waals surface area contributed by atoms with Crippen molar-refractivity contribution in [2.45, 2.75) is 19.4 Å². The van der Waals surface area contributed by atoms with E-state index in [0.29, 0.717) is 10.8 Å². The summed E-state index contributed by atoms with van der Waals surface area (Å²) in [5.74, 6) is 1.77. The van der Waals surface area contributed by atoms with Crippen molar-refractivity contribution in [2.24, 2.45) is 5.73 Å². The van der Waals surface area contributed by atoms with Crippen molar-refractivity contribution in [3.8, 4) is 5.75 Å². The zero-order valence-electron chi connectivity index (χ0n) is 9.92. The molecule has 0 amide bonds. The second-order valence-corrected chi connectivity index (χ2v) is 5.12. The molecular weight excluding hydrogens is 242 g/mol. The summed E-state index contributed by atoms with van der Waals surface area (Å²) >= 11 is 7.90. The van der Waals surface area contributed by atoms with Gasteiger partial charge in [-0.3, -0.25) is 0 Å². The Labute approximate surface area is 107 Å². The maximum atomic E-state index is 6.13. The largest absolute Gasteiger partial charge is 0.495 e. The molecule has 0 aliphatic rings. The lowest BCUT2D eigenvalue weighted by Crippen LogP contribution is -2.12. The molecule has 2 N–H and O–H groups in total. The molecule has 0 spiro atoms. The van der Waals surface area contributed by atoms with Crippen LogP contribution in [-0.2, 0) is 0 Å². The first kappa shape index (κ1) is 13.7. The quantitative estimate of drug-likeness (QED) is 0.880. The molecule has 1 aromatic carbocycles.